The van der Waals surface area contributed by atoms with Crippen molar-refractivity contribution in [2.75, 3.05) is 6.61 Å². The van der Waals surface area contributed by atoms with Crippen molar-refractivity contribution in [3.8, 4) is 17.3 Å². The maximum absolute atomic E-state index is 5.96. The Morgan fingerprint density at radius 3 is 2.71 bits per heavy atom. The lowest BCUT2D eigenvalue weighted by Gasteiger charge is -2.07. The molecule has 0 aliphatic rings. The number of nitrogens with zero attached hydrogens (tertiary/aromatic N) is 2. The van der Waals surface area contributed by atoms with Gasteiger partial charge in [-0.15, -0.1) is 0 Å². The van der Waals surface area contributed by atoms with Gasteiger partial charge in [-0.1, -0.05) is 35.9 Å². The van der Waals surface area contributed by atoms with Crippen molar-refractivity contribution in [2.45, 2.75) is 13.8 Å². The standard InChI is InChI=1S/C13H13ClN2O/c1-3-17-12-8-11(14)15-13(16-12)10-7-5-4-6-9(10)2/h4-8H,3H2,1-2H3. The molecule has 0 saturated heterocycles. The molecule has 0 fully saturated rings. The minimum atomic E-state index is 0.390. The third kappa shape index (κ3) is 2.74. The highest BCUT2D eigenvalue weighted by Gasteiger charge is 2.08. The van der Waals surface area contributed by atoms with E-state index in [9.17, 15) is 0 Å². The molecule has 0 unspecified atom stereocenters. The van der Waals surface area contributed by atoms with Gasteiger partial charge in [0.25, 0.3) is 0 Å². The number of halogens is 1. The van der Waals surface area contributed by atoms with Crippen LogP contribution in [0.25, 0.3) is 11.4 Å². The van der Waals surface area contributed by atoms with Gasteiger partial charge in [0.2, 0.25) is 5.88 Å². The van der Waals surface area contributed by atoms with E-state index in [4.69, 9.17) is 16.3 Å². The van der Waals surface area contributed by atoms with Crippen LogP contribution in [-0.4, -0.2) is 16.6 Å². The summed E-state index contributed by atoms with van der Waals surface area (Å²) in [5, 5.41) is 0.390. The molecule has 0 N–H and O–H groups in total. The zero-order valence-corrected chi connectivity index (χ0v) is 10.5. The number of aromatic nitrogens is 2. The molecule has 0 spiro atoms. The molecule has 0 saturated carbocycles. The van der Waals surface area contributed by atoms with Crippen LogP contribution in [0.4, 0.5) is 0 Å². The fourth-order valence-corrected chi connectivity index (χ4v) is 1.74. The zero-order valence-electron chi connectivity index (χ0n) is 9.77. The van der Waals surface area contributed by atoms with Gasteiger partial charge in [-0.3, -0.25) is 0 Å². The third-order valence-corrected chi connectivity index (χ3v) is 2.54. The molecule has 0 aliphatic carbocycles. The molecule has 88 valence electrons. The SMILES string of the molecule is CCOc1cc(Cl)nc(-c2ccccc2C)n1. The second-order valence-corrected chi connectivity index (χ2v) is 3.99. The van der Waals surface area contributed by atoms with E-state index >= 15 is 0 Å². The highest BCUT2D eigenvalue weighted by Crippen LogP contribution is 2.23. The number of aryl methyl sites for hydroxylation is 1. The lowest BCUT2D eigenvalue weighted by Crippen LogP contribution is -1.98. The molecule has 1 aromatic carbocycles. The Morgan fingerprint density at radius 1 is 1.24 bits per heavy atom. The van der Waals surface area contributed by atoms with Gasteiger partial charge in [-0.05, 0) is 19.4 Å². The Bertz CT molecular complexity index is 529. The van der Waals surface area contributed by atoms with E-state index in [-0.39, 0.29) is 0 Å². The molecule has 1 aromatic heterocycles. The van der Waals surface area contributed by atoms with Crippen LogP contribution in [0, 0.1) is 6.92 Å². The largest absolute Gasteiger partial charge is 0.478 e. The smallest absolute Gasteiger partial charge is 0.218 e. The minimum absolute atomic E-state index is 0.390. The Balaban J connectivity index is 2.48. The molecule has 0 radical (unpaired) electrons. The maximum Gasteiger partial charge on any atom is 0.218 e. The fraction of sp³-hybridized carbons (Fsp3) is 0.231. The van der Waals surface area contributed by atoms with Gasteiger partial charge in [0, 0.05) is 11.6 Å². The molecule has 0 aliphatic heterocycles. The van der Waals surface area contributed by atoms with Crippen LogP contribution in [0.15, 0.2) is 30.3 Å². The molecule has 3 nitrogen and oxygen atoms in total. The average molecular weight is 249 g/mol. The summed E-state index contributed by atoms with van der Waals surface area (Å²) in [6.07, 6.45) is 0. The van der Waals surface area contributed by atoms with Gasteiger partial charge in [0.15, 0.2) is 5.82 Å². The fourth-order valence-electron chi connectivity index (χ4n) is 1.56. The third-order valence-electron chi connectivity index (χ3n) is 2.35. The van der Waals surface area contributed by atoms with E-state index in [0.717, 1.165) is 11.1 Å². The van der Waals surface area contributed by atoms with Crippen molar-refractivity contribution in [1.82, 2.24) is 9.97 Å². The number of hydrogen-bond donors (Lipinski definition) is 0. The lowest BCUT2D eigenvalue weighted by atomic mass is 10.1. The monoisotopic (exact) mass is 248 g/mol. The topological polar surface area (TPSA) is 35.0 Å². The Morgan fingerprint density at radius 2 is 2.00 bits per heavy atom. The normalized spacial score (nSPS) is 10.3. The summed E-state index contributed by atoms with van der Waals surface area (Å²) in [4.78, 5) is 8.56. The molecule has 0 atom stereocenters. The summed E-state index contributed by atoms with van der Waals surface area (Å²) in [5.74, 6) is 1.10. The van der Waals surface area contributed by atoms with Gasteiger partial charge < -0.3 is 4.74 Å². The predicted molar refractivity (Wildman–Crippen MR) is 68.4 cm³/mol. The van der Waals surface area contributed by atoms with E-state index in [1.54, 1.807) is 6.07 Å². The van der Waals surface area contributed by atoms with Crippen LogP contribution in [0.2, 0.25) is 5.15 Å². The quantitative estimate of drug-likeness (QED) is 0.780. The molecule has 4 heteroatoms. The van der Waals surface area contributed by atoms with Crippen LogP contribution in [0.3, 0.4) is 0 Å². The van der Waals surface area contributed by atoms with Crippen molar-refractivity contribution in [3.63, 3.8) is 0 Å². The summed E-state index contributed by atoms with van der Waals surface area (Å²) < 4.78 is 5.35. The number of ether oxygens (including phenoxy) is 1. The van der Waals surface area contributed by atoms with E-state index < -0.39 is 0 Å². The highest BCUT2D eigenvalue weighted by molar-refractivity contribution is 6.29. The molecule has 2 rings (SSSR count). The predicted octanol–water partition coefficient (Wildman–Crippen LogP) is 3.50. The summed E-state index contributed by atoms with van der Waals surface area (Å²) in [5.41, 5.74) is 2.08. The summed E-state index contributed by atoms with van der Waals surface area (Å²) in [7, 11) is 0. The second kappa shape index (κ2) is 5.15. The van der Waals surface area contributed by atoms with Crippen LogP contribution >= 0.6 is 11.6 Å². The summed E-state index contributed by atoms with van der Waals surface area (Å²) in [6.45, 7) is 4.48. The highest BCUT2D eigenvalue weighted by atomic mass is 35.5. The van der Waals surface area contributed by atoms with Crippen molar-refractivity contribution in [3.05, 3.63) is 41.0 Å². The van der Waals surface area contributed by atoms with Gasteiger partial charge in [0.1, 0.15) is 5.15 Å². The van der Waals surface area contributed by atoms with Crippen molar-refractivity contribution in [1.29, 1.82) is 0 Å². The molecule has 2 aromatic rings. The van der Waals surface area contributed by atoms with E-state index in [0.29, 0.717) is 23.5 Å². The van der Waals surface area contributed by atoms with E-state index in [2.05, 4.69) is 9.97 Å². The Labute approximate surface area is 105 Å². The van der Waals surface area contributed by atoms with Crippen molar-refractivity contribution >= 4 is 11.6 Å². The lowest BCUT2D eigenvalue weighted by molar-refractivity contribution is 0.326. The number of benzene rings is 1. The molecule has 17 heavy (non-hydrogen) atoms. The Kier molecular flexibility index (Phi) is 3.59. The van der Waals surface area contributed by atoms with Gasteiger partial charge in [-0.25, -0.2) is 4.98 Å². The second-order valence-electron chi connectivity index (χ2n) is 3.60. The van der Waals surface area contributed by atoms with Crippen LogP contribution in [0.5, 0.6) is 5.88 Å². The molecular weight excluding hydrogens is 236 g/mol. The molecule has 1 heterocycles. The van der Waals surface area contributed by atoms with Gasteiger partial charge in [-0.2, -0.15) is 4.98 Å². The number of rotatable bonds is 3. The summed E-state index contributed by atoms with van der Waals surface area (Å²) in [6, 6.07) is 9.53. The van der Waals surface area contributed by atoms with E-state index in [1.165, 1.54) is 0 Å². The van der Waals surface area contributed by atoms with Crippen molar-refractivity contribution in [2.24, 2.45) is 0 Å². The van der Waals surface area contributed by atoms with E-state index in [1.807, 2.05) is 38.1 Å². The van der Waals surface area contributed by atoms with Crippen LogP contribution in [0.1, 0.15) is 12.5 Å². The Hall–Kier alpha value is -1.61. The first-order chi connectivity index (χ1) is 8.20. The summed E-state index contributed by atoms with van der Waals surface area (Å²) >= 11 is 5.96. The minimum Gasteiger partial charge on any atom is -0.478 e. The molecule has 0 bridgehead atoms. The molecular formula is C13H13ClN2O. The number of hydrogen-bond acceptors (Lipinski definition) is 3. The maximum atomic E-state index is 5.96. The van der Waals surface area contributed by atoms with Crippen LogP contribution in [-0.2, 0) is 0 Å². The molecule has 0 amide bonds. The first kappa shape index (κ1) is 11.9. The average Bonchev–Trinajstić information content (AvgIpc) is 2.29. The van der Waals surface area contributed by atoms with Crippen molar-refractivity contribution < 1.29 is 4.74 Å². The van der Waals surface area contributed by atoms with Gasteiger partial charge >= 0.3 is 0 Å². The first-order valence-corrected chi connectivity index (χ1v) is 5.82. The first-order valence-electron chi connectivity index (χ1n) is 5.44. The zero-order chi connectivity index (χ0) is 12.3. The van der Waals surface area contributed by atoms with Crippen LogP contribution < -0.4 is 4.74 Å². The van der Waals surface area contributed by atoms with Gasteiger partial charge in [0.05, 0.1) is 6.61 Å².